The zero-order valence-electron chi connectivity index (χ0n) is 18.1. The molecule has 0 N–H and O–H groups in total. The number of anilines is 1. The summed E-state index contributed by atoms with van der Waals surface area (Å²) >= 11 is 6.15. The second-order valence-corrected chi connectivity index (χ2v) is 7.98. The van der Waals surface area contributed by atoms with Crippen LogP contribution in [-0.2, 0) is 0 Å². The molecule has 160 valence electrons. The van der Waals surface area contributed by atoms with Crippen LogP contribution >= 0.6 is 11.6 Å². The summed E-state index contributed by atoms with van der Waals surface area (Å²) in [6.45, 7) is 6.12. The van der Waals surface area contributed by atoms with E-state index >= 15 is 0 Å². The third-order valence-electron chi connectivity index (χ3n) is 5.22. The lowest BCUT2D eigenvalue weighted by molar-refractivity contribution is 0.625. The lowest BCUT2D eigenvalue weighted by Crippen LogP contribution is -2.15. The van der Waals surface area contributed by atoms with Crippen molar-refractivity contribution in [1.29, 1.82) is 0 Å². The Labute approximate surface area is 191 Å². The molecule has 4 nitrogen and oxygen atoms in total. The SMILES string of the molecule is C=C1C(c2ccc(N(C)C)c3cnccc23)=CC(c2cc(Cl)ccc2F)=N/C1=N/C=C\C. The maximum Gasteiger partial charge on any atom is 0.159 e. The van der Waals surface area contributed by atoms with Gasteiger partial charge in [-0.25, -0.2) is 14.4 Å². The first kappa shape index (κ1) is 21.7. The number of dihydropyridines is 1. The molecule has 1 aliphatic rings. The fraction of sp³-hybridized carbons (Fsp3) is 0.115. The molecule has 4 rings (SSSR count). The van der Waals surface area contributed by atoms with Crippen molar-refractivity contribution in [3.05, 3.63) is 101 Å². The Balaban J connectivity index is 1.98. The number of nitrogens with zero attached hydrogens (tertiary/aromatic N) is 4. The van der Waals surface area contributed by atoms with Gasteiger partial charge in [-0.2, -0.15) is 0 Å². The number of rotatable bonds is 4. The van der Waals surface area contributed by atoms with Crippen LogP contribution in [0.15, 0.2) is 89.3 Å². The van der Waals surface area contributed by atoms with E-state index in [1.54, 1.807) is 24.5 Å². The minimum absolute atomic E-state index is 0.312. The van der Waals surface area contributed by atoms with Crippen molar-refractivity contribution in [2.45, 2.75) is 6.92 Å². The fourth-order valence-electron chi connectivity index (χ4n) is 3.68. The van der Waals surface area contributed by atoms with Crippen LogP contribution in [0.1, 0.15) is 18.1 Å². The molecule has 0 fully saturated rings. The fourth-order valence-corrected chi connectivity index (χ4v) is 3.85. The lowest BCUT2D eigenvalue weighted by Gasteiger charge is -2.22. The van der Waals surface area contributed by atoms with Crippen molar-refractivity contribution in [3.63, 3.8) is 0 Å². The molecule has 32 heavy (non-hydrogen) atoms. The predicted octanol–water partition coefficient (Wildman–Crippen LogP) is 6.47. The average molecular weight is 445 g/mol. The van der Waals surface area contributed by atoms with Crippen LogP contribution in [0.5, 0.6) is 0 Å². The van der Waals surface area contributed by atoms with Gasteiger partial charge in [-0.1, -0.05) is 30.3 Å². The first-order chi connectivity index (χ1) is 15.4. The number of hydrogen-bond donors (Lipinski definition) is 0. The van der Waals surface area contributed by atoms with Crippen molar-refractivity contribution in [2.75, 3.05) is 19.0 Å². The van der Waals surface area contributed by atoms with Gasteiger partial charge < -0.3 is 4.90 Å². The summed E-state index contributed by atoms with van der Waals surface area (Å²) in [5.74, 6) is 0.0209. The molecule has 0 atom stereocenters. The average Bonchev–Trinajstić information content (AvgIpc) is 2.79. The molecular weight excluding hydrogens is 423 g/mol. The number of aliphatic imine (C=N–C) groups is 2. The molecule has 0 saturated heterocycles. The molecule has 0 amide bonds. The lowest BCUT2D eigenvalue weighted by atomic mass is 9.89. The summed E-state index contributed by atoms with van der Waals surface area (Å²) in [6, 6.07) is 10.5. The van der Waals surface area contributed by atoms with Crippen molar-refractivity contribution in [2.24, 2.45) is 9.98 Å². The van der Waals surface area contributed by atoms with Gasteiger partial charge in [-0.15, -0.1) is 0 Å². The number of benzene rings is 2. The summed E-state index contributed by atoms with van der Waals surface area (Å²) in [7, 11) is 3.99. The molecule has 3 aromatic rings. The van der Waals surface area contributed by atoms with Crippen molar-refractivity contribution in [3.8, 4) is 0 Å². The number of fused-ring (bicyclic) bond motifs is 1. The number of hydrogen-bond acceptors (Lipinski definition) is 3. The topological polar surface area (TPSA) is 40.9 Å². The molecule has 2 aromatic carbocycles. The summed E-state index contributed by atoms with van der Waals surface area (Å²) in [4.78, 5) is 15.4. The Bertz CT molecular complexity index is 1350. The van der Waals surface area contributed by atoms with Crippen molar-refractivity contribution in [1.82, 2.24) is 4.98 Å². The van der Waals surface area contributed by atoms with Crippen molar-refractivity contribution < 1.29 is 4.39 Å². The molecule has 1 aliphatic heterocycles. The van der Waals surface area contributed by atoms with Crippen LogP contribution in [0.2, 0.25) is 5.02 Å². The molecule has 0 saturated carbocycles. The maximum absolute atomic E-state index is 14.7. The van der Waals surface area contributed by atoms with Crippen LogP contribution in [-0.4, -0.2) is 30.6 Å². The summed E-state index contributed by atoms with van der Waals surface area (Å²) in [6.07, 6.45) is 8.91. The Morgan fingerprint density at radius 2 is 1.91 bits per heavy atom. The van der Waals surface area contributed by atoms with E-state index in [4.69, 9.17) is 11.6 Å². The molecule has 2 heterocycles. The zero-order valence-corrected chi connectivity index (χ0v) is 18.9. The monoisotopic (exact) mass is 444 g/mol. The van der Waals surface area contributed by atoms with Gasteiger partial charge in [-0.3, -0.25) is 4.98 Å². The van der Waals surface area contributed by atoms with E-state index in [1.165, 1.54) is 12.1 Å². The van der Waals surface area contributed by atoms with Gasteiger partial charge in [0.15, 0.2) is 5.84 Å². The summed E-state index contributed by atoms with van der Waals surface area (Å²) in [5, 5.41) is 2.45. The van der Waals surface area contributed by atoms with E-state index in [0.29, 0.717) is 27.7 Å². The predicted molar refractivity (Wildman–Crippen MR) is 133 cm³/mol. The van der Waals surface area contributed by atoms with Gasteiger partial charge in [-0.05, 0) is 59.9 Å². The second-order valence-electron chi connectivity index (χ2n) is 7.54. The van der Waals surface area contributed by atoms with E-state index in [1.807, 2.05) is 56.4 Å². The van der Waals surface area contributed by atoms with Crippen LogP contribution in [0, 0.1) is 5.82 Å². The highest BCUT2D eigenvalue weighted by molar-refractivity contribution is 6.33. The minimum Gasteiger partial charge on any atom is -0.377 e. The molecule has 0 bridgehead atoms. The van der Waals surface area contributed by atoms with E-state index in [2.05, 4.69) is 21.5 Å². The number of halogens is 2. The molecule has 1 aromatic heterocycles. The van der Waals surface area contributed by atoms with Gasteiger partial charge >= 0.3 is 0 Å². The standard InChI is InChI=1S/C26H22ClFN4/c1-5-11-30-26-16(2)20(14-24(31-26)21-13-17(27)6-8-23(21)28)18-7-9-25(32(3)4)22-15-29-12-10-19(18)22/h5-15H,2H2,1,3-4H3/b11-5-,30-26+. The Kier molecular flexibility index (Phi) is 6.01. The molecule has 0 radical (unpaired) electrons. The Hall–Kier alpha value is -3.57. The van der Waals surface area contributed by atoms with Gasteiger partial charge in [0.05, 0.1) is 5.71 Å². The zero-order chi connectivity index (χ0) is 22.8. The van der Waals surface area contributed by atoms with Gasteiger partial charge in [0, 0.05) is 59.9 Å². The van der Waals surface area contributed by atoms with Gasteiger partial charge in [0.2, 0.25) is 0 Å². The van der Waals surface area contributed by atoms with Gasteiger partial charge in [0.1, 0.15) is 5.82 Å². The Morgan fingerprint density at radius 1 is 1.09 bits per heavy atom. The van der Waals surface area contributed by atoms with Crippen molar-refractivity contribution >= 4 is 45.2 Å². The molecular formula is C26H22ClFN4. The smallest absolute Gasteiger partial charge is 0.159 e. The van der Waals surface area contributed by atoms with E-state index in [9.17, 15) is 4.39 Å². The van der Waals surface area contributed by atoms with E-state index < -0.39 is 5.82 Å². The van der Waals surface area contributed by atoms with E-state index in [0.717, 1.165) is 27.6 Å². The molecule has 0 aliphatic carbocycles. The minimum atomic E-state index is -0.404. The number of allylic oxidation sites excluding steroid dienone is 2. The van der Waals surface area contributed by atoms with E-state index in [-0.39, 0.29) is 0 Å². The van der Waals surface area contributed by atoms with Crippen LogP contribution in [0.3, 0.4) is 0 Å². The molecule has 0 spiro atoms. The second kappa shape index (κ2) is 8.89. The highest BCUT2D eigenvalue weighted by Crippen LogP contribution is 2.36. The summed E-state index contributed by atoms with van der Waals surface area (Å²) < 4.78 is 14.7. The van der Waals surface area contributed by atoms with Gasteiger partial charge in [0.25, 0.3) is 0 Å². The third kappa shape index (κ3) is 3.99. The normalized spacial score (nSPS) is 15.4. The van der Waals surface area contributed by atoms with Crippen LogP contribution in [0.4, 0.5) is 10.1 Å². The summed E-state index contributed by atoms with van der Waals surface area (Å²) in [5.41, 5.74) is 4.22. The first-order valence-corrected chi connectivity index (χ1v) is 10.5. The largest absolute Gasteiger partial charge is 0.377 e. The van der Waals surface area contributed by atoms with Crippen LogP contribution < -0.4 is 4.90 Å². The quantitative estimate of drug-likeness (QED) is 0.462. The maximum atomic E-state index is 14.7. The first-order valence-electron chi connectivity index (χ1n) is 10.1. The van der Waals surface area contributed by atoms with Crippen LogP contribution in [0.25, 0.3) is 16.3 Å². The Morgan fingerprint density at radius 3 is 2.66 bits per heavy atom. The highest BCUT2D eigenvalue weighted by atomic mass is 35.5. The third-order valence-corrected chi connectivity index (χ3v) is 5.45. The molecule has 0 unspecified atom stereocenters. The number of pyridine rings is 1. The number of amidine groups is 1. The highest BCUT2D eigenvalue weighted by Gasteiger charge is 2.23. The molecule has 6 heteroatoms. The number of aromatic nitrogens is 1.